The molecular formula is C11H18O4. The minimum Gasteiger partial charge on any atom is -0.465 e. The number of Topliss-reactive ketones (excluding diaryl/α,β-unsaturated/α-hetero) is 2. The van der Waals surface area contributed by atoms with Crippen LogP contribution in [-0.4, -0.2) is 24.1 Å². The van der Waals surface area contributed by atoms with E-state index in [-0.39, 0.29) is 24.9 Å². The highest BCUT2D eigenvalue weighted by molar-refractivity contribution is 6.36. The van der Waals surface area contributed by atoms with Gasteiger partial charge in [-0.3, -0.25) is 14.4 Å². The highest BCUT2D eigenvalue weighted by atomic mass is 16.5. The van der Waals surface area contributed by atoms with Gasteiger partial charge in [0.2, 0.25) is 0 Å². The molecule has 0 aromatic carbocycles. The van der Waals surface area contributed by atoms with E-state index in [0.29, 0.717) is 6.42 Å². The van der Waals surface area contributed by atoms with E-state index < -0.39 is 11.6 Å². The third-order valence-corrected chi connectivity index (χ3v) is 2.20. The molecule has 0 aliphatic carbocycles. The topological polar surface area (TPSA) is 60.4 Å². The van der Waals surface area contributed by atoms with E-state index in [4.69, 9.17) is 4.74 Å². The molecule has 1 atom stereocenters. The van der Waals surface area contributed by atoms with Crippen molar-refractivity contribution in [3.05, 3.63) is 0 Å². The molecule has 0 rings (SSSR count). The molecule has 0 amide bonds. The van der Waals surface area contributed by atoms with Crippen LogP contribution in [0, 0.1) is 5.92 Å². The molecular weight excluding hydrogens is 196 g/mol. The smallest absolute Gasteiger partial charge is 0.308 e. The number of hydrogen-bond donors (Lipinski definition) is 0. The van der Waals surface area contributed by atoms with Crippen molar-refractivity contribution in [1.82, 2.24) is 0 Å². The largest absolute Gasteiger partial charge is 0.465 e. The molecule has 0 fully saturated rings. The van der Waals surface area contributed by atoms with Crippen LogP contribution in [0.2, 0.25) is 0 Å². The van der Waals surface area contributed by atoms with E-state index in [9.17, 15) is 14.4 Å². The molecule has 0 saturated carbocycles. The first-order chi connectivity index (χ1) is 6.99. The lowest BCUT2D eigenvalue weighted by atomic mass is 10.1. The van der Waals surface area contributed by atoms with Crippen molar-refractivity contribution in [1.29, 1.82) is 0 Å². The predicted octanol–water partition coefficient (Wildman–Crippen LogP) is 1.51. The van der Waals surface area contributed by atoms with Gasteiger partial charge in [-0.05, 0) is 12.8 Å². The van der Waals surface area contributed by atoms with E-state index >= 15 is 0 Å². The number of rotatable bonds is 7. The van der Waals surface area contributed by atoms with Crippen LogP contribution in [0.15, 0.2) is 0 Å². The van der Waals surface area contributed by atoms with Crippen LogP contribution in [0.25, 0.3) is 0 Å². The molecule has 0 aliphatic rings. The SMILES string of the molecule is CCC(C)C(=O)OCCCC(=O)C(C)=O. The summed E-state index contributed by atoms with van der Waals surface area (Å²) in [5, 5.41) is 0. The Morgan fingerprint density at radius 2 is 1.87 bits per heavy atom. The normalized spacial score (nSPS) is 11.9. The molecule has 0 bridgehead atoms. The van der Waals surface area contributed by atoms with E-state index in [2.05, 4.69) is 0 Å². The van der Waals surface area contributed by atoms with Crippen LogP contribution < -0.4 is 0 Å². The zero-order chi connectivity index (χ0) is 11.8. The number of carbonyl (C=O) groups excluding carboxylic acids is 3. The average Bonchev–Trinajstić information content (AvgIpc) is 2.22. The van der Waals surface area contributed by atoms with Crippen LogP contribution in [0.4, 0.5) is 0 Å². The molecule has 0 aliphatic heterocycles. The van der Waals surface area contributed by atoms with Gasteiger partial charge in [0.05, 0.1) is 12.5 Å². The van der Waals surface area contributed by atoms with E-state index in [1.54, 1.807) is 6.92 Å². The number of ketones is 2. The average molecular weight is 214 g/mol. The Labute approximate surface area is 90.0 Å². The van der Waals surface area contributed by atoms with Crippen molar-refractivity contribution in [3.63, 3.8) is 0 Å². The summed E-state index contributed by atoms with van der Waals surface area (Å²) in [6.45, 7) is 5.16. The Kier molecular flexibility index (Phi) is 6.58. The van der Waals surface area contributed by atoms with Gasteiger partial charge in [-0.2, -0.15) is 0 Å². The van der Waals surface area contributed by atoms with Gasteiger partial charge < -0.3 is 4.74 Å². The van der Waals surface area contributed by atoms with Gasteiger partial charge in [-0.15, -0.1) is 0 Å². The first-order valence-corrected chi connectivity index (χ1v) is 5.19. The quantitative estimate of drug-likeness (QED) is 0.366. The summed E-state index contributed by atoms with van der Waals surface area (Å²) >= 11 is 0. The highest BCUT2D eigenvalue weighted by Gasteiger charge is 2.12. The fourth-order valence-corrected chi connectivity index (χ4v) is 0.890. The fourth-order valence-electron chi connectivity index (χ4n) is 0.890. The number of esters is 1. The molecule has 0 N–H and O–H groups in total. The predicted molar refractivity (Wildman–Crippen MR) is 55.3 cm³/mol. The second kappa shape index (κ2) is 7.15. The van der Waals surface area contributed by atoms with Crippen LogP contribution >= 0.6 is 0 Å². The van der Waals surface area contributed by atoms with Crippen LogP contribution in [0.1, 0.15) is 40.0 Å². The lowest BCUT2D eigenvalue weighted by molar-refractivity contribution is -0.148. The number of ether oxygens (including phenoxy) is 1. The maximum atomic E-state index is 11.2. The molecule has 0 spiro atoms. The third kappa shape index (κ3) is 5.99. The lowest BCUT2D eigenvalue weighted by Crippen LogP contribution is -2.16. The molecule has 0 radical (unpaired) electrons. The molecule has 0 heterocycles. The zero-order valence-corrected chi connectivity index (χ0v) is 9.54. The van der Waals surface area contributed by atoms with Gasteiger partial charge in [0, 0.05) is 13.3 Å². The van der Waals surface area contributed by atoms with Crippen LogP contribution in [-0.2, 0) is 19.1 Å². The van der Waals surface area contributed by atoms with Crippen molar-refractivity contribution < 1.29 is 19.1 Å². The van der Waals surface area contributed by atoms with Crippen molar-refractivity contribution in [3.8, 4) is 0 Å². The van der Waals surface area contributed by atoms with Crippen molar-refractivity contribution in [2.75, 3.05) is 6.61 Å². The molecule has 15 heavy (non-hydrogen) atoms. The van der Waals surface area contributed by atoms with Gasteiger partial charge in [0.25, 0.3) is 0 Å². The van der Waals surface area contributed by atoms with Crippen LogP contribution in [0.5, 0.6) is 0 Å². The summed E-state index contributed by atoms with van der Waals surface area (Å²) in [6, 6.07) is 0. The van der Waals surface area contributed by atoms with Crippen molar-refractivity contribution in [2.45, 2.75) is 40.0 Å². The Balaban J connectivity index is 3.59. The fraction of sp³-hybridized carbons (Fsp3) is 0.727. The van der Waals surface area contributed by atoms with Gasteiger partial charge in [-0.25, -0.2) is 0 Å². The summed E-state index contributed by atoms with van der Waals surface area (Å²) in [5.74, 6) is -1.20. The monoisotopic (exact) mass is 214 g/mol. The van der Waals surface area contributed by atoms with Gasteiger partial charge in [0.15, 0.2) is 11.6 Å². The standard InChI is InChI=1S/C11H18O4/c1-4-8(2)11(14)15-7-5-6-10(13)9(3)12/h8H,4-7H2,1-3H3. The van der Waals surface area contributed by atoms with E-state index in [1.165, 1.54) is 6.92 Å². The molecule has 1 unspecified atom stereocenters. The summed E-state index contributed by atoms with van der Waals surface area (Å²) in [6.07, 6.45) is 1.31. The Morgan fingerprint density at radius 3 is 2.33 bits per heavy atom. The van der Waals surface area contributed by atoms with Gasteiger partial charge >= 0.3 is 5.97 Å². The minimum absolute atomic E-state index is 0.103. The maximum Gasteiger partial charge on any atom is 0.308 e. The lowest BCUT2D eigenvalue weighted by Gasteiger charge is -2.08. The third-order valence-electron chi connectivity index (χ3n) is 2.20. The van der Waals surface area contributed by atoms with Gasteiger partial charge in [-0.1, -0.05) is 13.8 Å². The van der Waals surface area contributed by atoms with E-state index in [1.807, 2.05) is 6.92 Å². The first kappa shape index (κ1) is 13.8. The Hall–Kier alpha value is -1.19. The van der Waals surface area contributed by atoms with Crippen LogP contribution in [0.3, 0.4) is 0 Å². The van der Waals surface area contributed by atoms with E-state index in [0.717, 1.165) is 6.42 Å². The zero-order valence-electron chi connectivity index (χ0n) is 9.54. The van der Waals surface area contributed by atoms with Crippen molar-refractivity contribution >= 4 is 17.5 Å². The van der Waals surface area contributed by atoms with Gasteiger partial charge in [0.1, 0.15) is 0 Å². The Morgan fingerprint density at radius 1 is 1.27 bits per heavy atom. The molecule has 4 heteroatoms. The maximum absolute atomic E-state index is 11.2. The molecule has 0 aromatic rings. The molecule has 0 saturated heterocycles. The molecule has 4 nitrogen and oxygen atoms in total. The van der Waals surface area contributed by atoms with Crippen molar-refractivity contribution in [2.24, 2.45) is 5.92 Å². The highest BCUT2D eigenvalue weighted by Crippen LogP contribution is 2.04. The second-order valence-electron chi connectivity index (χ2n) is 3.56. The summed E-state index contributed by atoms with van der Waals surface area (Å²) in [7, 11) is 0. The first-order valence-electron chi connectivity index (χ1n) is 5.19. The summed E-state index contributed by atoms with van der Waals surface area (Å²) < 4.78 is 4.92. The summed E-state index contributed by atoms with van der Waals surface area (Å²) in [5.41, 5.74) is 0. The molecule has 86 valence electrons. The molecule has 0 aromatic heterocycles. The Bertz CT molecular complexity index is 245. The number of carbonyl (C=O) groups is 3. The second-order valence-corrected chi connectivity index (χ2v) is 3.56. The minimum atomic E-state index is -0.441. The number of hydrogen-bond acceptors (Lipinski definition) is 4. The summed E-state index contributed by atoms with van der Waals surface area (Å²) in [4.78, 5) is 32.6.